The first-order valence-electron chi connectivity index (χ1n) is 5.59. The summed E-state index contributed by atoms with van der Waals surface area (Å²) < 4.78 is 6.74. The maximum Gasteiger partial charge on any atom is 0.122 e. The number of nitrogens with two attached hydrogens (primary N) is 1. The highest BCUT2D eigenvalue weighted by molar-refractivity contribution is 5.63. The normalized spacial score (nSPS) is 10.0. The molecular formula is C13H14N4O. The third kappa shape index (κ3) is 2.43. The number of methoxy groups -OCH3 is 1. The second-order valence-electron chi connectivity index (χ2n) is 3.81. The van der Waals surface area contributed by atoms with Gasteiger partial charge in [-0.05, 0) is 24.3 Å². The standard InChI is InChI=1S/C13H14N4O/c1-18-11-5-3-10(4-6-11)12-9-13(15)17(16-12)8-2-7-14/h3-6,9H,2,8,15H2,1H3. The summed E-state index contributed by atoms with van der Waals surface area (Å²) >= 11 is 0. The first-order valence-corrected chi connectivity index (χ1v) is 5.59. The van der Waals surface area contributed by atoms with Crippen LogP contribution < -0.4 is 10.5 Å². The monoisotopic (exact) mass is 242 g/mol. The van der Waals surface area contributed by atoms with E-state index in [0.717, 1.165) is 17.0 Å². The largest absolute Gasteiger partial charge is 0.497 e. The molecule has 2 rings (SSSR count). The van der Waals surface area contributed by atoms with Gasteiger partial charge in [-0.25, -0.2) is 4.68 Å². The molecule has 0 bridgehead atoms. The average Bonchev–Trinajstić information content (AvgIpc) is 2.78. The van der Waals surface area contributed by atoms with Crippen LogP contribution >= 0.6 is 0 Å². The first-order chi connectivity index (χ1) is 8.74. The quantitative estimate of drug-likeness (QED) is 0.890. The highest BCUT2D eigenvalue weighted by Gasteiger charge is 2.07. The SMILES string of the molecule is COc1ccc(-c2cc(N)n(CCC#N)n2)cc1. The highest BCUT2D eigenvalue weighted by atomic mass is 16.5. The highest BCUT2D eigenvalue weighted by Crippen LogP contribution is 2.23. The Morgan fingerprint density at radius 3 is 2.72 bits per heavy atom. The second kappa shape index (κ2) is 5.23. The number of aromatic nitrogens is 2. The van der Waals surface area contributed by atoms with Gasteiger partial charge in [-0.15, -0.1) is 0 Å². The van der Waals surface area contributed by atoms with Crippen molar-refractivity contribution in [2.24, 2.45) is 0 Å². The lowest BCUT2D eigenvalue weighted by Crippen LogP contribution is -2.03. The Hall–Kier alpha value is -2.48. The zero-order valence-electron chi connectivity index (χ0n) is 10.1. The van der Waals surface area contributed by atoms with Crippen molar-refractivity contribution in [1.82, 2.24) is 9.78 Å². The van der Waals surface area contributed by atoms with Crippen molar-refractivity contribution >= 4 is 5.82 Å². The van der Waals surface area contributed by atoms with Crippen LogP contribution in [0.4, 0.5) is 5.82 Å². The number of hydrogen-bond acceptors (Lipinski definition) is 4. The molecule has 1 aromatic carbocycles. The topological polar surface area (TPSA) is 76.9 Å². The number of aryl methyl sites for hydroxylation is 1. The maximum atomic E-state index is 8.55. The van der Waals surface area contributed by atoms with Crippen LogP contribution in [0.25, 0.3) is 11.3 Å². The van der Waals surface area contributed by atoms with Crippen LogP contribution in [0.3, 0.4) is 0 Å². The van der Waals surface area contributed by atoms with Crippen molar-refractivity contribution in [2.75, 3.05) is 12.8 Å². The zero-order valence-corrected chi connectivity index (χ0v) is 10.1. The number of hydrogen-bond donors (Lipinski definition) is 1. The number of nitrogen functional groups attached to an aromatic ring is 1. The number of rotatable bonds is 4. The minimum Gasteiger partial charge on any atom is -0.497 e. The molecule has 0 aliphatic heterocycles. The van der Waals surface area contributed by atoms with Crippen LogP contribution in [0.2, 0.25) is 0 Å². The van der Waals surface area contributed by atoms with Gasteiger partial charge < -0.3 is 10.5 Å². The Kier molecular flexibility index (Phi) is 3.49. The van der Waals surface area contributed by atoms with E-state index in [0.29, 0.717) is 18.8 Å². The molecule has 0 unspecified atom stereocenters. The summed E-state index contributed by atoms with van der Waals surface area (Å²) in [5.41, 5.74) is 7.61. The van der Waals surface area contributed by atoms with Crippen molar-refractivity contribution < 1.29 is 4.74 Å². The molecule has 18 heavy (non-hydrogen) atoms. The van der Waals surface area contributed by atoms with Crippen molar-refractivity contribution in [3.05, 3.63) is 30.3 Å². The summed E-state index contributed by atoms with van der Waals surface area (Å²) in [5, 5.41) is 12.9. The Bertz CT molecular complexity index is 566. The van der Waals surface area contributed by atoms with Crippen molar-refractivity contribution in [2.45, 2.75) is 13.0 Å². The third-order valence-electron chi connectivity index (χ3n) is 2.63. The van der Waals surface area contributed by atoms with Gasteiger partial charge in [0.25, 0.3) is 0 Å². The molecule has 1 aromatic heterocycles. The Balaban J connectivity index is 2.25. The van der Waals surface area contributed by atoms with Gasteiger partial charge in [-0.3, -0.25) is 0 Å². The zero-order chi connectivity index (χ0) is 13.0. The van der Waals surface area contributed by atoms with E-state index in [1.54, 1.807) is 17.9 Å². The lowest BCUT2D eigenvalue weighted by atomic mass is 10.1. The average molecular weight is 242 g/mol. The molecular weight excluding hydrogens is 228 g/mol. The number of ether oxygens (including phenoxy) is 1. The van der Waals surface area contributed by atoms with E-state index in [4.69, 9.17) is 15.7 Å². The van der Waals surface area contributed by atoms with Gasteiger partial charge in [-0.1, -0.05) is 0 Å². The molecule has 0 saturated carbocycles. The van der Waals surface area contributed by atoms with Gasteiger partial charge in [0.2, 0.25) is 0 Å². The Labute approximate surface area is 105 Å². The molecule has 0 amide bonds. The molecule has 0 spiro atoms. The van der Waals surface area contributed by atoms with E-state index >= 15 is 0 Å². The summed E-state index contributed by atoms with van der Waals surface area (Å²) in [4.78, 5) is 0. The lowest BCUT2D eigenvalue weighted by Gasteiger charge is -2.01. The molecule has 2 N–H and O–H groups in total. The van der Waals surface area contributed by atoms with Crippen LogP contribution in [-0.4, -0.2) is 16.9 Å². The molecule has 0 aliphatic rings. The van der Waals surface area contributed by atoms with Gasteiger partial charge in [0.1, 0.15) is 11.6 Å². The van der Waals surface area contributed by atoms with Crippen LogP contribution in [0, 0.1) is 11.3 Å². The molecule has 0 saturated heterocycles. The summed E-state index contributed by atoms with van der Waals surface area (Å²) in [6.45, 7) is 0.512. The fourth-order valence-electron chi connectivity index (χ4n) is 1.67. The van der Waals surface area contributed by atoms with Crippen molar-refractivity contribution in [3.8, 4) is 23.1 Å². The summed E-state index contributed by atoms with van der Waals surface area (Å²) in [7, 11) is 1.63. The second-order valence-corrected chi connectivity index (χ2v) is 3.81. The number of anilines is 1. The Morgan fingerprint density at radius 2 is 2.11 bits per heavy atom. The molecule has 92 valence electrons. The molecule has 0 fully saturated rings. The van der Waals surface area contributed by atoms with Crippen molar-refractivity contribution in [3.63, 3.8) is 0 Å². The van der Waals surface area contributed by atoms with Crippen molar-refractivity contribution in [1.29, 1.82) is 5.26 Å². The molecule has 2 aromatic rings. The van der Waals surface area contributed by atoms with E-state index in [9.17, 15) is 0 Å². The fourth-order valence-corrected chi connectivity index (χ4v) is 1.67. The van der Waals surface area contributed by atoms with E-state index in [1.807, 2.05) is 24.3 Å². The summed E-state index contributed by atoms with van der Waals surface area (Å²) in [6, 6.07) is 11.5. The smallest absolute Gasteiger partial charge is 0.122 e. The predicted molar refractivity (Wildman–Crippen MR) is 68.9 cm³/mol. The van der Waals surface area contributed by atoms with E-state index < -0.39 is 0 Å². The number of benzene rings is 1. The molecule has 5 heteroatoms. The first kappa shape index (κ1) is 12.0. The molecule has 0 aliphatic carbocycles. The lowest BCUT2D eigenvalue weighted by molar-refractivity contribution is 0.415. The number of nitriles is 1. The van der Waals surface area contributed by atoms with Gasteiger partial charge in [0.05, 0.1) is 31.8 Å². The predicted octanol–water partition coefficient (Wildman–Crippen LogP) is 2.05. The third-order valence-corrected chi connectivity index (χ3v) is 2.63. The minimum atomic E-state index is 0.397. The molecule has 0 radical (unpaired) electrons. The van der Waals surface area contributed by atoms with E-state index in [-0.39, 0.29) is 0 Å². The van der Waals surface area contributed by atoms with E-state index in [1.165, 1.54) is 0 Å². The van der Waals surface area contributed by atoms with Crippen LogP contribution in [0.1, 0.15) is 6.42 Å². The van der Waals surface area contributed by atoms with Gasteiger partial charge in [0.15, 0.2) is 0 Å². The molecule has 0 atom stereocenters. The fraction of sp³-hybridized carbons (Fsp3) is 0.231. The van der Waals surface area contributed by atoms with Gasteiger partial charge >= 0.3 is 0 Å². The Morgan fingerprint density at radius 1 is 1.39 bits per heavy atom. The summed E-state index contributed by atoms with van der Waals surface area (Å²) in [6.07, 6.45) is 0.397. The minimum absolute atomic E-state index is 0.397. The summed E-state index contributed by atoms with van der Waals surface area (Å²) in [5.74, 6) is 1.37. The van der Waals surface area contributed by atoms with Crippen LogP contribution in [-0.2, 0) is 6.54 Å². The van der Waals surface area contributed by atoms with E-state index in [2.05, 4.69) is 11.2 Å². The van der Waals surface area contributed by atoms with Crippen LogP contribution in [0.15, 0.2) is 30.3 Å². The van der Waals surface area contributed by atoms with Crippen LogP contribution in [0.5, 0.6) is 5.75 Å². The van der Waals surface area contributed by atoms with Gasteiger partial charge in [-0.2, -0.15) is 10.4 Å². The number of nitrogens with zero attached hydrogens (tertiary/aromatic N) is 3. The molecule has 1 heterocycles. The van der Waals surface area contributed by atoms with Gasteiger partial charge in [0, 0.05) is 11.6 Å². The molecule has 5 nitrogen and oxygen atoms in total. The maximum absolute atomic E-state index is 8.55.